The second kappa shape index (κ2) is 10.8. The predicted molar refractivity (Wildman–Crippen MR) is 121 cm³/mol. The Balaban J connectivity index is 1.40. The molecule has 30 heavy (non-hydrogen) atoms. The number of hydrogen-bond acceptors (Lipinski definition) is 5. The number of para-hydroxylation sites is 1. The number of unbranched alkanes of at least 4 members (excludes halogenated alkanes) is 1. The zero-order valence-electron chi connectivity index (χ0n) is 17.9. The fourth-order valence-corrected chi connectivity index (χ4v) is 3.80. The van der Waals surface area contributed by atoms with Gasteiger partial charge in [-0.05, 0) is 49.7 Å². The van der Waals surface area contributed by atoms with Crippen molar-refractivity contribution in [2.45, 2.75) is 26.2 Å². The van der Waals surface area contributed by atoms with Crippen LogP contribution in [0.3, 0.4) is 0 Å². The molecule has 1 fully saturated rings. The first-order chi connectivity index (χ1) is 14.6. The molecule has 0 radical (unpaired) electrons. The molecule has 0 unspecified atom stereocenters. The molecule has 160 valence electrons. The van der Waals surface area contributed by atoms with Crippen LogP contribution in [-0.4, -0.2) is 56.4 Å². The van der Waals surface area contributed by atoms with Crippen molar-refractivity contribution in [2.75, 3.05) is 50.1 Å². The molecule has 1 aliphatic heterocycles. The van der Waals surface area contributed by atoms with E-state index in [1.165, 1.54) is 12.6 Å². The van der Waals surface area contributed by atoms with Gasteiger partial charge in [0.25, 0.3) is 0 Å². The van der Waals surface area contributed by atoms with Crippen LogP contribution in [0, 0.1) is 0 Å². The Hall–Kier alpha value is -2.86. The maximum atomic E-state index is 12.6. The van der Waals surface area contributed by atoms with Crippen LogP contribution in [0.15, 0.2) is 48.5 Å². The summed E-state index contributed by atoms with van der Waals surface area (Å²) in [6.45, 7) is 6.66. The third kappa shape index (κ3) is 6.07. The number of rotatable bonds is 9. The molecule has 1 saturated heterocycles. The number of Topliss-reactive ketones (excluding diaryl/α,β-unsaturated/α-hetero) is 1. The number of nitrogens with one attached hydrogen (secondary N) is 1. The number of nitrogens with zero attached hydrogens (tertiary/aromatic N) is 2. The minimum Gasteiger partial charge on any atom is -0.495 e. The van der Waals surface area contributed by atoms with Gasteiger partial charge in [0, 0.05) is 50.8 Å². The summed E-state index contributed by atoms with van der Waals surface area (Å²) in [5.41, 5.74) is 2.43. The van der Waals surface area contributed by atoms with Crippen molar-refractivity contribution < 1.29 is 14.3 Å². The molecule has 2 aromatic carbocycles. The van der Waals surface area contributed by atoms with Crippen molar-refractivity contribution in [3.8, 4) is 5.75 Å². The number of carbonyl (C=O) groups excluding carboxylic acids is 2. The third-order valence-electron chi connectivity index (χ3n) is 5.45. The standard InChI is InChI=1S/C24H31N3O3/c1-19(28)25-22-18-20(11-12-24(22)30-2)23(29)10-6-7-13-26-14-16-27(17-15-26)21-8-4-3-5-9-21/h3-5,8-9,11-12,18H,6-7,10,13-17H2,1-2H3,(H,25,28). The van der Waals surface area contributed by atoms with Crippen LogP contribution in [0.1, 0.15) is 36.5 Å². The minimum absolute atomic E-state index is 0.0955. The van der Waals surface area contributed by atoms with E-state index in [0.717, 1.165) is 45.6 Å². The highest BCUT2D eigenvalue weighted by molar-refractivity contribution is 5.99. The average molecular weight is 410 g/mol. The molecule has 0 spiro atoms. The van der Waals surface area contributed by atoms with Crippen LogP contribution < -0.4 is 15.0 Å². The van der Waals surface area contributed by atoms with E-state index >= 15 is 0 Å². The van der Waals surface area contributed by atoms with E-state index in [-0.39, 0.29) is 11.7 Å². The van der Waals surface area contributed by atoms with Crippen LogP contribution in [-0.2, 0) is 4.79 Å². The van der Waals surface area contributed by atoms with E-state index < -0.39 is 0 Å². The topological polar surface area (TPSA) is 61.9 Å². The van der Waals surface area contributed by atoms with Crippen molar-refractivity contribution >= 4 is 23.1 Å². The van der Waals surface area contributed by atoms with Crippen molar-refractivity contribution in [3.05, 3.63) is 54.1 Å². The molecule has 1 N–H and O–H groups in total. The lowest BCUT2D eigenvalue weighted by Gasteiger charge is -2.36. The lowest BCUT2D eigenvalue weighted by Crippen LogP contribution is -2.46. The molecule has 3 rings (SSSR count). The monoisotopic (exact) mass is 409 g/mol. The highest BCUT2D eigenvalue weighted by Crippen LogP contribution is 2.26. The first kappa shape index (κ1) is 21.8. The summed E-state index contributed by atoms with van der Waals surface area (Å²) < 4.78 is 5.25. The molecule has 0 aliphatic carbocycles. The predicted octanol–water partition coefficient (Wildman–Crippen LogP) is 3.83. The maximum Gasteiger partial charge on any atom is 0.221 e. The quantitative estimate of drug-likeness (QED) is 0.504. The first-order valence-corrected chi connectivity index (χ1v) is 10.6. The maximum absolute atomic E-state index is 12.6. The van der Waals surface area contributed by atoms with Crippen LogP contribution in [0.4, 0.5) is 11.4 Å². The van der Waals surface area contributed by atoms with Gasteiger partial charge in [0.05, 0.1) is 12.8 Å². The number of methoxy groups -OCH3 is 1. The van der Waals surface area contributed by atoms with Gasteiger partial charge in [0.15, 0.2) is 5.78 Å². The molecule has 1 aliphatic rings. The lowest BCUT2D eigenvalue weighted by molar-refractivity contribution is -0.114. The van der Waals surface area contributed by atoms with Crippen molar-refractivity contribution in [1.82, 2.24) is 4.90 Å². The Morgan fingerprint density at radius 3 is 2.40 bits per heavy atom. The smallest absolute Gasteiger partial charge is 0.221 e. The molecule has 6 nitrogen and oxygen atoms in total. The van der Waals surface area contributed by atoms with Crippen LogP contribution >= 0.6 is 0 Å². The van der Waals surface area contributed by atoms with Crippen LogP contribution in [0.2, 0.25) is 0 Å². The largest absolute Gasteiger partial charge is 0.495 e. The number of anilines is 2. The third-order valence-corrected chi connectivity index (χ3v) is 5.45. The van der Waals surface area contributed by atoms with Crippen molar-refractivity contribution in [2.24, 2.45) is 0 Å². The second-order valence-electron chi connectivity index (χ2n) is 7.64. The van der Waals surface area contributed by atoms with E-state index in [1.807, 2.05) is 6.07 Å². The average Bonchev–Trinajstić information content (AvgIpc) is 2.77. The highest BCUT2D eigenvalue weighted by atomic mass is 16.5. The molecule has 0 atom stereocenters. The van der Waals surface area contributed by atoms with Gasteiger partial charge in [0.2, 0.25) is 5.91 Å². The van der Waals surface area contributed by atoms with Gasteiger partial charge in [-0.2, -0.15) is 0 Å². The van der Waals surface area contributed by atoms with Gasteiger partial charge in [-0.3, -0.25) is 14.5 Å². The van der Waals surface area contributed by atoms with Crippen molar-refractivity contribution in [1.29, 1.82) is 0 Å². The second-order valence-corrected chi connectivity index (χ2v) is 7.64. The van der Waals surface area contributed by atoms with E-state index in [9.17, 15) is 9.59 Å². The zero-order chi connectivity index (χ0) is 21.3. The molecule has 6 heteroatoms. The summed E-state index contributed by atoms with van der Waals surface area (Å²) in [6.07, 6.45) is 2.38. The molecular formula is C24H31N3O3. The molecule has 2 aromatic rings. The van der Waals surface area contributed by atoms with Crippen molar-refractivity contribution in [3.63, 3.8) is 0 Å². The number of piperazine rings is 1. The SMILES string of the molecule is COc1ccc(C(=O)CCCCN2CCN(c3ccccc3)CC2)cc1NC(C)=O. The summed E-state index contributed by atoms with van der Waals surface area (Å²) >= 11 is 0. The summed E-state index contributed by atoms with van der Waals surface area (Å²) in [4.78, 5) is 28.8. The molecular weight excluding hydrogens is 378 g/mol. The molecule has 0 bridgehead atoms. The number of ether oxygens (including phenoxy) is 1. The van der Waals surface area contributed by atoms with E-state index in [0.29, 0.717) is 23.4 Å². The van der Waals surface area contributed by atoms with Gasteiger partial charge < -0.3 is 15.0 Å². The molecule has 0 aromatic heterocycles. The number of ketones is 1. The van der Waals surface area contributed by atoms with E-state index in [2.05, 4.69) is 39.4 Å². The summed E-state index contributed by atoms with van der Waals surface area (Å²) in [5.74, 6) is 0.458. The molecule has 0 saturated carbocycles. The van der Waals surface area contributed by atoms with Crippen LogP contribution in [0.25, 0.3) is 0 Å². The summed E-state index contributed by atoms with van der Waals surface area (Å²) in [7, 11) is 1.54. The fraction of sp³-hybridized carbons (Fsp3) is 0.417. The zero-order valence-corrected chi connectivity index (χ0v) is 17.9. The Morgan fingerprint density at radius 1 is 1.00 bits per heavy atom. The fourth-order valence-electron chi connectivity index (χ4n) is 3.80. The minimum atomic E-state index is -0.190. The summed E-state index contributed by atoms with van der Waals surface area (Å²) in [5, 5.41) is 2.72. The van der Waals surface area contributed by atoms with E-state index in [1.54, 1.807) is 25.3 Å². The number of amides is 1. The number of benzene rings is 2. The Kier molecular flexibility index (Phi) is 7.85. The number of hydrogen-bond donors (Lipinski definition) is 1. The van der Waals surface area contributed by atoms with Gasteiger partial charge in [-0.15, -0.1) is 0 Å². The van der Waals surface area contributed by atoms with Crippen LogP contribution in [0.5, 0.6) is 5.75 Å². The lowest BCUT2D eigenvalue weighted by atomic mass is 10.0. The Labute approximate surface area is 178 Å². The normalized spacial score (nSPS) is 14.4. The summed E-state index contributed by atoms with van der Waals surface area (Å²) in [6, 6.07) is 15.7. The van der Waals surface area contributed by atoms with Gasteiger partial charge >= 0.3 is 0 Å². The van der Waals surface area contributed by atoms with E-state index in [4.69, 9.17) is 4.74 Å². The number of carbonyl (C=O) groups is 2. The Morgan fingerprint density at radius 2 is 1.73 bits per heavy atom. The Bertz CT molecular complexity index is 846. The van der Waals surface area contributed by atoms with Gasteiger partial charge in [0.1, 0.15) is 5.75 Å². The van der Waals surface area contributed by atoms with Gasteiger partial charge in [-0.25, -0.2) is 0 Å². The molecule has 1 amide bonds. The highest BCUT2D eigenvalue weighted by Gasteiger charge is 2.17. The van der Waals surface area contributed by atoms with Gasteiger partial charge in [-0.1, -0.05) is 18.2 Å². The molecule has 1 heterocycles. The first-order valence-electron chi connectivity index (χ1n) is 10.6.